The lowest BCUT2D eigenvalue weighted by Gasteiger charge is -2.19. The highest BCUT2D eigenvalue weighted by atomic mass is 79.9. The van der Waals surface area contributed by atoms with Gasteiger partial charge in [-0.15, -0.1) is 0 Å². The highest BCUT2D eigenvalue weighted by Crippen LogP contribution is 2.34. The van der Waals surface area contributed by atoms with E-state index in [9.17, 15) is 15.3 Å². The maximum Gasteiger partial charge on any atom is 0.151 e. The topological polar surface area (TPSA) is 117 Å². The van der Waals surface area contributed by atoms with Crippen molar-refractivity contribution in [1.82, 2.24) is 14.5 Å². The van der Waals surface area contributed by atoms with E-state index >= 15 is 0 Å². The molecule has 7 nitrogen and oxygen atoms in total. The van der Waals surface area contributed by atoms with Gasteiger partial charge in [0.1, 0.15) is 17.7 Å². The molecule has 1 aliphatic carbocycles. The third-order valence-electron chi connectivity index (χ3n) is 3.52. The summed E-state index contributed by atoms with van der Waals surface area (Å²) in [7, 11) is 0. The molecule has 0 unspecified atom stereocenters. The van der Waals surface area contributed by atoms with Crippen LogP contribution in [-0.2, 0) is 0 Å². The van der Waals surface area contributed by atoms with Gasteiger partial charge in [-0.05, 0) is 21.5 Å². The maximum atomic E-state index is 10.1. The number of nitrogen functional groups attached to an aromatic ring is 1. The highest BCUT2D eigenvalue weighted by molar-refractivity contribution is 9.10. The fourth-order valence-corrected chi connectivity index (χ4v) is 2.97. The molecule has 0 fully saturated rings. The fraction of sp³-hybridized carbons (Fsp3) is 0.333. The molecule has 2 aromatic rings. The molecule has 20 heavy (non-hydrogen) atoms. The number of nitrogens with two attached hydrogens (primary N) is 1. The average molecular weight is 341 g/mol. The Morgan fingerprint density at radius 2 is 2.10 bits per heavy atom. The first-order valence-corrected chi connectivity index (χ1v) is 6.78. The van der Waals surface area contributed by atoms with E-state index in [0.29, 0.717) is 26.9 Å². The number of imidazole rings is 1. The van der Waals surface area contributed by atoms with Gasteiger partial charge in [0.25, 0.3) is 0 Å². The Hall–Kier alpha value is -1.48. The summed E-state index contributed by atoms with van der Waals surface area (Å²) < 4.78 is 2.39. The third-order valence-corrected chi connectivity index (χ3v) is 4.10. The molecule has 1 aliphatic rings. The molecule has 0 bridgehead atoms. The molecule has 0 amide bonds. The zero-order chi connectivity index (χ0) is 14.4. The van der Waals surface area contributed by atoms with Crippen molar-refractivity contribution in [2.45, 2.75) is 18.2 Å². The Morgan fingerprint density at radius 3 is 2.75 bits per heavy atom. The highest BCUT2D eigenvalue weighted by Gasteiger charge is 2.36. The number of pyridine rings is 1. The van der Waals surface area contributed by atoms with E-state index in [0.717, 1.165) is 0 Å². The van der Waals surface area contributed by atoms with Crippen LogP contribution < -0.4 is 5.73 Å². The van der Waals surface area contributed by atoms with Crippen LogP contribution in [0.25, 0.3) is 11.0 Å². The summed E-state index contributed by atoms with van der Waals surface area (Å²) in [5.41, 5.74) is 7.37. The van der Waals surface area contributed by atoms with E-state index in [1.807, 2.05) is 0 Å². The Balaban J connectivity index is 2.17. The molecule has 3 atom stereocenters. The van der Waals surface area contributed by atoms with E-state index in [1.54, 1.807) is 16.8 Å². The lowest BCUT2D eigenvalue weighted by Crippen LogP contribution is -2.30. The van der Waals surface area contributed by atoms with Crippen molar-refractivity contribution in [3.05, 3.63) is 28.6 Å². The molecule has 0 aliphatic heterocycles. The number of hydrogen-bond donors (Lipinski definition) is 4. The van der Waals surface area contributed by atoms with Gasteiger partial charge in [-0.3, -0.25) is 0 Å². The smallest absolute Gasteiger partial charge is 0.151 e. The molecule has 106 valence electrons. The van der Waals surface area contributed by atoms with Gasteiger partial charge in [-0.25, -0.2) is 9.97 Å². The normalized spacial score (nSPS) is 26.2. The van der Waals surface area contributed by atoms with Crippen LogP contribution in [-0.4, -0.2) is 48.7 Å². The van der Waals surface area contributed by atoms with E-state index in [2.05, 4.69) is 25.9 Å². The van der Waals surface area contributed by atoms with Gasteiger partial charge >= 0.3 is 0 Å². The largest absolute Gasteiger partial charge is 0.392 e. The number of rotatable bonds is 2. The standard InChI is InChI=1S/C12H13BrN4O3/c13-6-2-15-12(14)8-9(6)17(4-16-8)7-1-5(3-18)10(19)11(7)20/h1-2,4,7,10-11,18-20H,3H2,(H2,14,15)/t7-,10-,11+/m1/s1. The van der Waals surface area contributed by atoms with Crippen molar-refractivity contribution in [1.29, 1.82) is 0 Å². The zero-order valence-corrected chi connectivity index (χ0v) is 11.9. The number of aliphatic hydroxyl groups excluding tert-OH is 3. The lowest BCUT2D eigenvalue weighted by molar-refractivity contribution is 0.0288. The van der Waals surface area contributed by atoms with Crippen molar-refractivity contribution in [2.75, 3.05) is 12.3 Å². The minimum Gasteiger partial charge on any atom is -0.392 e. The van der Waals surface area contributed by atoms with Crippen molar-refractivity contribution in [3.8, 4) is 0 Å². The first kappa shape index (κ1) is 13.5. The summed E-state index contributed by atoms with van der Waals surface area (Å²) in [5, 5.41) is 29.2. The van der Waals surface area contributed by atoms with Crippen molar-refractivity contribution < 1.29 is 15.3 Å². The summed E-state index contributed by atoms with van der Waals surface area (Å²) in [5.74, 6) is 0.293. The molecule has 3 rings (SSSR count). The Morgan fingerprint density at radius 1 is 1.35 bits per heavy atom. The van der Waals surface area contributed by atoms with Gasteiger partial charge in [0.05, 0.1) is 29.0 Å². The molecular formula is C12H13BrN4O3. The second kappa shape index (κ2) is 4.81. The number of hydrogen-bond acceptors (Lipinski definition) is 6. The summed E-state index contributed by atoms with van der Waals surface area (Å²) in [4.78, 5) is 8.19. The summed E-state index contributed by atoms with van der Waals surface area (Å²) in [6, 6.07) is -0.518. The number of nitrogens with zero attached hydrogens (tertiary/aromatic N) is 3. The van der Waals surface area contributed by atoms with E-state index in [1.165, 1.54) is 6.33 Å². The molecular weight excluding hydrogens is 328 g/mol. The molecule has 0 saturated carbocycles. The van der Waals surface area contributed by atoms with E-state index in [4.69, 9.17) is 5.73 Å². The maximum absolute atomic E-state index is 10.1. The van der Waals surface area contributed by atoms with Crippen LogP contribution in [0.2, 0.25) is 0 Å². The van der Waals surface area contributed by atoms with Crippen LogP contribution in [0.3, 0.4) is 0 Å². The van der Waals surface area contributed by atoms with Gasteiger partial charge < -0.3 is 25.6 Å². The number of halogens is 1. The fourth-order valence-electron chi connectivity index (χ4n) is 2.47. The molecule has 0 spiro atoms. The number of anilines is 1. The number of fused-ring (bicyclic) bond motifs is 1. The van der Waals surface area contributed by atoms with Crippen molar-refractivity contribution in [2.24, 2.45) is 0 Å². The molecule has 2 aromatic heterocycles. The van der Waals surface area contributed by atoms with Gasteiger partial charge in [-0.1, -0.05) is 6.08 Å². The SMILES string of the molecule is Nc1ncc(Br)c2c1ncn2[C@@H]1C=C(CO)[C@@H](O)[C@H]1O. The van der Waals surface area contributed by atoms with E-state index < -0.39 is 18.2 Å². The van der Waals surface area contributed by atoms with Crippen LogP contribution >= 0.6 is 15.9 Å². The Kier molecular flexibility index (Phi) is 3.25. The summed E-state index contributed by atoms with van der Waals surface area (Å²) in [6.07, 6.45) is 2.60. The minimum atomic E-state index is -1.08. The van der Waals surface area contributed by atoms with Crippen molar-refractivity contribution >= 4 is 32.8 Å². The zero-order valence-electron chi connectivity index (χ0n) is 10.3. The van der Waals surface area contributed by atoms with Gasteiger partial charge in [0.2, 0.25) is 0 Å². The summed E-state index contributed by atoms with van der Waals surface area (Å²) >= 11 is 3.38. The van der Waals surface area contributed by atoms with E-state index in [-0.39, 0.29) is 6.61 Å². The first-order chi connectivity index (χ1) is 9.54. The monoisotopic (exact) mass is 340 g/mol. The minimum absolute atomic E-state index is 0.293. The number of aromatic nitrogens is 3. The molecule has 0 radical (unpaired) electrons. The van der Waals surface area contributed by atoms with Crippen molar-refractivity contribution in [3.63, 3.8) is 0 Å². The second-order valence-electron chi connectivity index (χ2n) is 4.67. The second-order valence-corrected chi connectivity index (χ2v) is 5.52. The number of aliphatic hydroxyl groups is 3. The summed E-state index contributed by atoms with van der Waals surface area (Å²) in [6.45, 7) is -0.299. The third kappa shape index (κ3) is 1.84. The van der Waals surface area contributed by atoms with Crippen LogP contribution in [0.4, 0.5) is 5.82 Å². The molecule has 0 aromatic carbocycles. The van der Waals surface area contributed by atoms with Crippen LogP contribution in [0.15, 0.2) is 28.6 Å². The predicted octanol–water partition coefficient (Wildman–Crippen LogP) is -0.0288. The molecule has 8 heteroatoms. The first-order valence-electron chi connectivity index (χ1n) is 5.98. The lowest BCUT2D eigenvalue weighted by atomic mass is 10.1. The predicted molar refractivity (Wildman–Crippen MR) is 75.9 cm³/mol. The van der Waals surface area contributed by atoms with Gasteiger partial charge in [0, 0.05) is 6.20 Å². The average Bonchev–Trinajstić information content (AvgIpc) is 2.99. The van der Waals surface area contributed by atoms with Crippen LogP contribution in [0, 0.1) is 0 Å². The van der Waals surface area contributed by atoms with Gasteiger partial charge in [-0.2, -0.15) is 0 Å². The van der Waals surface area contributed by atoms with Crippen LogP contribution in [0.1, 0.15) is 6.04 Å². The molecule has 0 saturated heterocycles. The van der Waals surface area contributed by atoms with Gasteiger partial charge in [0.15, 0.2) is 5.82 Å². The molecule has 2 heterocycles. The Bertz CT molecular complexity index is 699. The van der Waals surface area contributed by atoms with Crippen LogP contribution in [0.5, 0.6) is 0 Å². The molecule has 5 N–H and O–H groups in total. The Labute approximate surface area is 122 Å². The quantitative estimate of drug-likeness (QED) is 0.570.